The van der Waals surface area contributed by atoms with Crippen LogP contribution in [0, 0.1) is 6.92 Å². The van der Waals surface area contributed by atoms with E-state index in [9.17, 15) is 4.79 Å². The molecule has 1 heterocycles. The molecule has 0 spiro atoms. The van der Waals surface area contributed by atoms with Crippen LogP contribution in [0.15, 0.2) is 30.5 Å². The summed E-state index contributed by atoms with van der Waals surface area (Å²) >= 11 is 11.8. The Balaban J connectivity index is 2.31. The van der Waals surface area contributed by atoms with Crippen molar-refractivity contribution in [2.24, 2.45) is 0 Å². The van der Waals surface area contributed by atoms with E-state index < -0.39 is 6.04 Å². The van der Waals surface area contributed by atoms with Crippen molar-refractivity contribution in [2.45, 2.75) is 19.9 Å². The molecular formula is C13H12Cl2N2O. The van der Waals surface area contributed by atoms with Crippen LogP contribution in [-0.2, 0) is 0 Å². The highest BCUT2D eigenvalue weighted by molar-refractivity contribution is 6.36. The predicted molar refractivity (Wildman–Crippen MR) is 72.5 cm³/mol. The number of benzene rings is 1. The minimum atomic E-state index is -0.391. The van der Waals surface area contributed by atoms with Crippen molar-refractivity contribution >= 4 is 29.0 Å². The summed E-state index contributed by atoms with van der Waals surface area (Å²) in [7, 11) is 0. The predicted octanol–water partition coefficient (Wildman–Crippen LogP) is 3.94. The maximum absolute atomic E-state index is 12.3. The summed E-state index contributed by atoms with van der Waals surface area (Å²) in [5.74, 6) is -0.0835. The van der Waals surface area contributed by atoms with Gasteiger partial charge in [-0.15, -0.1) is 0 Å². The monoisotopic (exact) mass is 282 g/mol. The van der Waals surface area contributed by atoms with E-state index in [0.29, 0.717) is 15.6 Å². The first kappa shape index (κ1) is 13.1. The molecule has 1 aromatic heterocycles. The van der Waals surface area contributed by atoms with Crippen LogP contribution in [0.5, 0.6) is 0 Å². The molecule has 0 bridgehead atoms. The van der Waals surface area contributed by atoms with Gasteiger partial charge in [-0.3, -0.25) is 9.48 Å². The molecule has 2 aromatic rings. The highest BCUT2D eigenvalue weighted by Crippen LogP contribution is 2.24. The molecule has 1 atom stereocenters. The number of rotatable bonds is 3. The molecule has 0 aliphatic heterocycles. The molecule has 0 fully saturated rings. The fourth-order valence-corrected chi connectivity index (χ4v) is 2.18. The molecule has 0 saturated heterocycles. The summed E-state index contributed by atoms with van der Waals surface area (Å²) in [6.07, 6.45) is 1.78. The summed E-state index contributed by atoms with van der Waals surface area (Å²) in [5, 5.41) is 5.11. The summed E-state index contributed by atoms with van der Waals surface area (Å²) in [4.78, 5) is 12.3. The highest BCUT2D eigenvalue weighted by atomic mass is 35.5. The Morgan fingerprint density at radius 2 is 2.06 bits per heavy atom. The number of carbonyl (C=O) groups excluding carboxylic acids is 1. The van der Waals surface area contributed by atoms with E-state index in [1.54, 1.807) is 36.0 Å². The minimum Gasteiger partial charge on any atom is -0.292 e. The van der Waals surface area contributed by atoms with Gasteiger partial charge in [-0.05, 0) is 38.1 Å². The van der Waals surface area contributed by atoms with Crippen molar-refractivity contribution in [1.29, 1.82) is 0 Å². The summed E-state index contributed by atoms with van der Waals surface area (Å²) in [6.45, 7) is 3.67. The van der Waals surface area contributed by atoms with E-state index in [1.807, 2.05) is 13.0 Å². The number of nitrogens with zero attached hydrogens (tertiary/aromatic N) is 2. The van der Waals surface area contributed by atoms with Gasteiger partial charge in [-0.25, -0.2) is 0 Å². The SMILES string of the molecule is Cc1ccn(C(C)C(=O)c2ccc(Cl)cc2Cl)n1. The summed E-state index contributed by atoms with van der Waals surface area (Å²) in [6, 6.07) is 6.32. The number of hydrogen-bond donors (Lipinski definition) is 0. The number of aromatic nitrogens is 2. The van der Waals surface area contributed by atoms with Crippen molar-refractivity contribution in [1.82, 2.24) is 9.78 Å². The minimum absolute atomic E-state index is 0.0835. The van der Waals surface area contributed by atoms with E-state index in [1.165, 1.54) is 0 Å². The Labute approximate surface area is 115 Å². The van der Waals surface area contributed by atoms with Gasteiger partial charge in [0.1, 0.15) is 6.04 Å². The normalized spacial score (nSPS) is 12.4. The van der Waals surface area contributed by atoms with E-state index >= 15 is 0 Å². The Hall–Kier alpha value is -1.32. The van der Waals surface area contributed by atoms with E-state index in [4.69, 9.17) is 23.2 Å². The van der Waals surface area contributed by atoms with Crippen LogP contribution in [-0.4, -0.2) is 15.6 Å². The van der Waals surface area contributed by atoms with Crippen LogP contribution in [0.2, 0.25) is 10.0 Å². The molecule has 94 valence electrons. The first-order valence-electron chi connectivity index (χ1n) is 5.50. The topological polar surface area (TPSA) is 34.9 Å². The summed E-state index contributed by atoms with van der Waals surface area (Å²) < 4.78 is 1.63. The van der Waals surface area contributed by atoms with Gasteiger partial charge in [-0.1, -0.05) is 23.2 Å². The number of hydrogen-bond acceptors (Lipinski definition) is 2. The first-order chi connectivity index (χ1) is 8.49. The standard InChI is InChI=1S/C13H12Cl2N2O/c1-8-5-6-17(16-8)9(2)13(18)11-4-3-10(14)7-12(11)15/h3-7,9H,1-2H3. The largest absolute Gasteiger partial charge is 0.292 e. The van der Waals surface area contributed by atoms with Gasteiger partial charge in [-0.2, -0.15) is 5.10 Å². The molecular weight excluding hydrogens is 271 g/mol. The fourth-order valence-electron chi connectivity index (χ4n) is 1.68. The first-order valence-corrected chi connectivity index (χ1v) is 6.25. The Kier molecular flexibility index (Phi) is 3.73. The second-order valence-electron chi connectivity index (χ2n) is 4.10. The lowest BCUT2D eigenvalue weighted by Gasteiger charge is -2.12. The van der Waals surface area contributed by atoms with Gasteiger partial charge in [0.15, 0.2) is 5.78 Å². The van der Waals surface area contributed by atoms with Crippen LogP contribution in [0.4, 0.5) is 0 Å². The molecule has 0 aliphatic rings. The zero-order valence-corrected chi connectivity index (χ0v) is 11.5. The van der Waals surface area contributed by atoms with Crippen molar-refractivity contribution in [3.05, 3.63) is 51.8 Å². The zero-order valence-electron chi connectivity index (χ0n) is 10.0. The van der Waals surface area contributed by atoms with Crippen LogP contribution >= 0.6 is 23.2 Å². The van der Waals surface area contributed by atoms with Gasteiger partial charge in [0, 0.05) is 16.8 Å². The average molecular weight is 283 g/mol. The zero-order chi connectivity index (χ0) is 13.3. The lowest BCUT2D eigenvalue weighted by Crippen LogP contribution is -2.17. The van der Waals surface area contributed by atoms with Crippen LogP contribution in [0.3, 0.4) is 0 Å². The number of Topliss-reactive ketones (excluding diaryl/α,β-unsaturated/α-hetero) is 1. The lowest BCUT2D eigenvalue weighted by atomic mass is 10.1. The number of carbonyl (C=O) groups is 1. The van der Waals surface area contributed by atoms with Gasteiger partial charge >= 0.3 is 0 Å². The third-order valence-corrected chi connectivity index (χ3v) is 3.26. The maximum atomic E-state index is 12.3. The van der Waals surface area contributed by atoms with Gasteiger partial charge in [0.2, 0.25) is 0 Å². The van der Waals surface area contributed by atoms with Crippen molar-refractivity contribution in [3.8, 4) is 0 Å². The summed E-state index contributed by atoms with van der Waals surface area (Å²) in [5.41, 5.74) is 1.33. The number of ketones is 1. The Bertz CT molecular complexity index is 592. The van der Waals surface area contributed by atoms with Crippen LogP contribution in [0.1, 0.15) is 29.0 Å². The fraction of sp³-hybridized carbons (Fsp3) is 0.231. The second-order valence-corrected chi connectivity index (χ2v) is 4.95. The molecule has 0 radical (unpaired) electrons. The van der Waals surface area contributed by atoms with E-state index in [2.05, 4.69) is 5.10 Å². The molecule has 0 saturated carbocycles. The van der Waals surface area contributed by atoms with Gasteiger partial charge in [0.25, 0.3) is 0 Å². The average Bonchev–Trinajstić information content (AvgIpc) is 2.74. The molecule has 3 nitrogen and oxygen atoms in total. The lowest BCUT2D eigenvalue weighted by molar-refractivity contribution is 0.0928. The molecule has 1 aromatic carbocycles. The third kappa shape index (κ3) is 2.57. The number of halogens is 2. The van der Waals surface area contributed by atoms with Crippen LogP contribution < -0.4 is 0 Å². The highest BCUT2D eigenvalue weighted by Gasteiger charge is 2.20. The van der Waals surface area contributed by atoms with Crippen molar-refractivity contribution < 1.29 is 4.79 Å². The molecule has 0 amide bonds. The Morgan fingerprint density at radius 1 is 1.33 bits per heavy atom. The molecule has 2 rings (SSSR count). The molecule has 5 heteroatoms. The second kappa shape index (κ2) is 5.12. The smallest absolute Gasteiger partial charge is 0.188 e. The van der Waals surface area contributed by atoms with E-state index in [-0.39, 0.29) is 5.78 Å². The Morgan fingerprint density at radius 3 is 2.61 bits per heavy atom. The van der Waals surface area contributed by atoms with Gasteiger partial charge in [0.05, 0.1) is 10.7 Å². The van der Waals surface area contributed by atoms with Gasteiger partial charge < -0.3 is 0 Å². The van der Waals surface area contributed by atoms with Crippen molar-refractivity contribution in [2.75, 3.05) is 0 Å². The quantitative estimate of drug-likeness (QED) is 0.800. The maximum Gasteiger partial charge on any atom is 0.188 e. The molecule has 0 aliphatic carbocycles. The molecule has 18 heavy (non-hydrogen) atoms. The molecule has 0 N–H and O–H groups in total. The molecule has 1 unspecified atom stereocenters. The van der Waals surface area contributed by atoms with Crippen LogP contribution in [0.25, 0.3) is 0 Å². The van der Waals surface area contributed by atoms with Crippen molar-refractivity contribution in [3.63, 3.8) is 0 Å². The third-order valence-electron chi connectivity index (χ3n) is 2.71. The van der Waals surface area contributed by atoms with E-state index in [0.717, 1.165) is 5.69 Å². The number of aryl methyl sites for hydroxylation is 1.